The van der Waals surface area contributed by atoms with Gasteiger partial charge in [-0.2, -0.15) is 0 Å². The zero-order chi connectivity index (χ0) is 13.0. The van der Waals surface area contributed by atoms with Crippen molar-refractivity contribution in [1.82, 2.24) is 0 Å². The van der Waals surface area contributed by atoms with Crippen molar-refractivity contribution in [2.24, 2.45) is 0 Å². The summed E-state index contributed by atoms with van der Waals surface area (Å²) in [5, 5.41) is 11.0. The maximum absolute atomic E-state index is 9.55. The SMILES string of the molecule is OC[C@H](Cc1ccccc1Cl)c1ccccc1Cl. The molecule has 0 saturated carbocycles. The van der Waals surface area contributed by atoms with Crippen LogP contribution in [0.25, 0.3) is 0 Å². The molecule has 0 unspecified atom stereocenters. The first-order valence-corrected chi connectivity index (χ1v) is 6.56. The minimum Gasteiger partial charge on any atom is -0.396 e. The van der Waals surface area contributed by atoms with E-state index in [-0.39, 0.29) is 12.5 Å². The van der Waals surface area contributed by atoms with Gasteiger partial charge in [-0.15, -0.1) is 0 Å². The summed E-state index contributed by atoms with van der Waals surface area (Å²) in [6, 6.07) is 15.3. The second-order valence-electron chi connectivity index (χ2n) is 4.20. The fourth-order valence-electron chi connectivity index (χ4n) is 2.01. The average molecular weight is 281 g/mol. The van der Waals surface area contributed by atoms with Gasteiger partial charge in [-0.25, -0.2) is 0 Å². The van der Waals surface area contributed by atoms with Crippen LogP contribution in [0.1, 0.15) is 17.0 Å². The molecular formula is C15H14Cl2O. The predicted molar refractivity (Wildman–Crippen MR) is 76.4 cm³/mol. The van der Waals surface area contributed by atoms with Gasteiger partial charge in [0.25, 0.3) is 0 Å². The number of aliphatic hydroxyl groups is 1. The lowest BCUT2D eigenvalue weighted by Crippen LogP contribution is -2.08. The van der Waals surface area contributed by atoms with E-state index in [0.717, 1.165) is 16.1 Å². The predicted octanol–water partition coefficient (Wildman–Crippen LogP) is 4.31. The van der Waals surface area contributed by atoms with Crippen LogP contribution < -0.4 is 0 Å². The van der Waals surface area contributed by atoms with E-state index in [1.807, 2.05) is 48.5 Å². The molecule has 2 aromatic rings. The van der Waals surface area contributed by atoms with Crippen LogP contribution in [0.15, 0.2) is 48.5 Å². The van der Waals surface area contributed by atoms with Crippen molar-refractivity contribution in [1.29, 1.82) is 0 Å². The van der Waals surface area contributed by atoms with Crippen LogP contribution in [0, 0.1) is 0 Å². The molecule has 1 N–H and O–H groups in total. The van der Waals surface area contributed by atoms with E-state index in [4.69, 9.17) is 23.2 Å². The summed E-state index contributed by atoms with van der Waals surface area (Å²) in [6.07, 6.45) is 0.680. The highest BCUT2D eigenvalue weighted by molar-refractivity contribution is 6.31. The van der Waals surface area contributed by atoms with E-state index in [1.165, 1.54) is 0 Å². The number of halogens is 2. The molecule has 2 aromatic carbocycles. The van der Waals surface area contributed by atoms with Gasteiger partial charge >= 0.3 is 0 Å². The standard InChI is InChI=1S/C15H14Cl2O/c16-14-7-3-1-5-11(14)9-12(10-18)13-6-2-4-8-15(13)17/h1-8,12,18H,9-10H2/t12-/m0/s1. The highest BCUT2D eigenvalue weighted by Crippen LogP contribution is 2.29. The molecule has 0 aliphatic carbocycles. The Morgan fingerprint density at radius 2 is 1.50 bits per heavy atom. The Balaban J connectivity index is 2.26. The quantitative estimate of drug-likeness (QED) is 0.885. The summed E-state index contributed by atoms with van der Waals surface area (Å²) in [4.78, 5) is 0. The van der Waals surface area contributed by atoms with E-state index in [0.29, 0.717) is 11.4 Å². The Bertz CT molecular complexity index is 525. The molecule has 0 aliphatic rings. The first-order chi connectivity index (χ1) is 8.72. The molecule has 1 atom stereocenters. The highest BCUT2D eigenvalue weighted by Gasteiger charge is 2.15. The zero-order valence-corrected chi connectivity index (χ0v) is 11.3. The molecule has 0 heterocycles. The van der Waals surface area contributed by atoms with Crippen molar-refractivity contribution in [3.05, 3.63) is 69.7 Å². The van der Waals surface area contributed by atoms with Gasteiger partial charge in [0.2, 0.25) is 0 Å². The van der Waals surface area contributed by atoms with Gasteiger partial charge in [-0.05, 0) is 29.7 Å². The Morgan fingerprint density at radius 3 is 2.11 bits per heavy atom. The number of rotatable bonds is 4. The number of benzene rings is 2. The van der Waals surface area contributed by atoms with Gasteiger partial charge in [0.05, 0.1) is 6.61 Å². The molecule has 1 nitrogen and oxygen atoms in total. The van der Waals surface area contributed by atoms with Gasteiger partial charge in [0.15, 0.2) is 0 Å². The fourth-order valence-corrected chi connectivity index (χ4v) is 2.51. The second kappa shape index (κ2) is 6.24. The van der Waals surface area contributed by atoms with Crippen LogP contribution >= 0.6 is 23.2 Å². The molecule has 3 heteroatoms. The van der Waals surface area contributed by atoms with Crippen LogP contribution in [0.3, 0.4) is 0 Å². The third kappa shape index (κ3) is 3.05. The van der Waals surface area contributed by atoms with E-state index >= 15 is 0 Å². The minimum atomic E-state index is -0.0291. The van der Waals surface area contributed by atoms with Crippen molar-refractivity contribution in [3.8, 4) is 0 Å². The monoisotopic (exact) mass is 280 g/mol. The maximum atomic E-state index is 9.55. The summed E-state index contributed by atoms with van der Waals surface area (Å²) >= 11 is 12.3. The third-order valence-corrected chi connectivity index (χ3v) is 3.70. The molecule has 18 heavy (non-hydrogen) atoms. The normalized spacial score (nSPS) is 12.4. The average Bonchev–Trinajstić information content (AvgIpc) is 2.39. The molecule has 0 spiro atoms. The van der Waals surface area contributed by atoms with Gasteiger partial charge in [-0.3, -0.25) is 0 Å². The largest absolute Gasteiger partial charge is 0.396 e. The molecule has 94 valence electrons. The summed E-state index contributed by atoms with van der Waals surface area (Å²) in [5.74, 6) is -0.0291. The molecule has 0 aliphatic heterocycles. The molecule has 0 saturated heterocycles. The number of hydrogen-bond acceptors (Lipinski definition) is 1. The fraction of sp³-hybridized carbons (Fsp3) is 0.200. The molecule has 0 fully saturated rings. The van der Waals surface area contributed by atoms with Gasteiger partial charge in [-0.1, -0.05) is 59.6 Å². The van der Waals surface area contributed by atoms with Crippen molar-refractivity contribution in [2.75, 3.05) is 6.61 Å². The first kappa shape index (κ1) is 13.4. The molecule has 0 aromatic heterocycles. The van der Waals surface area contributed by atoms with Crippen LogP contribution in [-0.4, -0.2) is 11.7 Å². The molecule has 2 rings (SSSR count). The summed E-state index contributed by atoms with van der Waals surface area (Å²) < 4.78 is 0. The third-order valence-electron chi connectivity index (χ3n) is 2.99. The van der Waals surface area contributed by atoms with E-state index < -0.39 is 0 Å². The lowest BCUT2D eigenvalue weighted by molar-refractivity contribution is 0.264. The highest BCUT2D eigenvalue weighted by atomic mass is 35.5. The Hall–Kier alpha value is -1.02. The van der Waals surface area contributed by atoms with Gasteiger partial charge < -0.3 is 5.11 Å². The number of hydrogen-bond donors (Lipinski definition) is 1. The maximum Gasteiger partial charge on any atom is 0.0503 e. The Kier molecular flexibility index (Phi) is 4.65. The summed E-state index contributed by atoms with van der Waals surface area (Å²) in [6.45, 7) is 0.0506. The summed E-state index contributed by atoms with van der Waals surface area (Å²) in [7, 11) is 0. The smallest absolute Gasteiger partial charge is 0.0503 e. The lowest BCUT2D eigenvalue weighted by Gasteiger charge is -2.16. The van der Waals surface area contributed by atoms with Crippen LogP contribution in [0.2, 0.25) is 10.0 Å². The van der Waals surface area contributed by atoms with E-state index in [9.17, 15) is 5.11 Å². The second-order valence-corrected chi connectivity index (χ2v) is 5.01. The van der Waals surface area contributed by atoms with Crippen molar-refractivity contribution in [2.45, 2.75) is 12.3 Å². The Morgan fingerprint density at radius 1 is 0.889 bits per heavy atom. The van der Waals surface area contributed by atoms with Crippen LogP contribution in [0.5, 0.6) is 0 Å². The zero-order valence-electron chi connectivity index (χ0n) is 9.81. The van der Waals surface area contributed by atoms with Crippen molar-refractivity contribution >= 4 is 23.2 Å². The first-order valence-electron chi connectivity index (χ1n) is 5.81. The van der Waals surface area contributed by atoms with Crippen molar-refractivity contribution in [3.63, 3.8) is 0 Å². The molecule has 0 amide bonds. The topological polar surface area (TPSA) is 20.2 Å². The molecule has 0 bridgehead atoms. The van der Waals surface area contributed by atoms with Gasteiger partial charge in [0.1, 0.15) is 0 Å². The van der Waals surface area contributed by atoms with Crippen molar-refractivity contribution < 1.29 is 5.11 Å². The van der Waals surface area contributed by atoms with Crippen LogP contribution in [-0.2, 0) is 6.42 Å². The van der Waals surface area contributed by atoms with Crippen LogP contribution in [0.4, 0.5) is 0 Å². The van der Waals surface area contributed by atoms with Gasteiger partial charge in [0, 0.05) is 16.0 Å². The lowest BCUT2D eigenvalue weighted by atomic mass is 9.92. The Labute approximate surface area is 117 Å². The number of aliphatic hydroxyl groups excluding tert-OH is 1. The molecule has 0 radical (unpaired) electrons. The van der Waals surface area contributed by atoms with E-state index in [1.54, 1.807) is 0 Å². The van der Waals surface area contributed by atoms with E-state index in [2.05, 4.69) is 0 Å². The molecular weight excluding hydrogens is 267 g/mol. The minimum absolute atomic E-state index is 0.0291. The summed E-state index contributed by atoms with van der Waals surface area (Å²) in [5.41, 5.74) is 1.99.